The lowest BCUT2D eigenvalue weighted by molar-refractivity contribution is -0.130. The molecule has 0 rings (SSSR count). The Morgan fingerprint density at radius 3 is 2.07 bits per heavy atom. The number of primary amides is 1. The highest BCUT2D eigenvalue weighted by atomic mass is 16.2. The second-order valence-corrected chi connectivity index (χ2v) is 3.50. The number of ketones is 1. The van der Waals surface area contributed by atoms with Crippen molar-refractivity contribution in [3.05, 3.63) is 0 Å². The van der Waals surface area contributed by atoms with Gasteiger partial charge in [0.05, 0.1) is 12.5 Å². The lowest BCUT2D eigenvalue weighted by Gasteiger charge is -2.15. The van der Waals surface area contributed by atoms with Crippen molar-refractivity contribution in [1.29, 1.82) is 0 Å². The Bertz CT molecular complexity index is 248. The Hall–Kier alpha value is -1.39. The lowest BCUT2D eigenvalue weighted by Crippen LogP contribution is -2.44. The van der Waals surface area contributed by atoms with Gasteiger partial charge in [0.15, 0.2) is 5.78 Å². The zero-order chi connectivity index (χ0) is 11.3. The minimum Gasteiger partial charge on any atom is -0.370 e. The normalized spacial score (nSPS) is 12.3. The molecule has 0 radical (unpaired) electrons. The summed E-state index contributed by atoms with van der Waals surface area (Å²) in [4.78, 5) is 32.8. The van der Waals surface area contributed by atoms with Gasteiger partial charge >= 0.3 is 0 Å². The number of carbonyl (C=O) groups is 3. The Morgan fingerprint density at radius 1 is 1.29 bits per heavy atom. The molecule has 0 aromatic heterocycles. The van der Waals surface area contributed by atoms with Crippen LogP contribution in [0.4, 0.5) is 0 Å². The second-order valence-electron chi connectivity index (χ2n) is 3.50. The van der Waals surface area contributed by atoms with Gasteiger partial charge in [-0.25, -0.2) is 0 Å². The first kappa shape index (κ1) is 12.6. The van der Waals surface area contributed by atoms with E-state index in [1.54, 1.807) is 13.8 Å². The number of Topliss-reactive ketones (excluding diaryl/α,β-unsaturated/α-hetero) is 1. The molecule has 1 atom stereocenters. The van der Waals surface area contributed by atoms with E-state index in [1.807, 2.05) is 0 Å². The van der Waals surface area contributed by atoms with E-state index in [0.717, 1.165) is 0 Å². The molecule has 0 fully saturated rings. The highest BCUT2D eigenvalue weighted by Crippen LogP contribution is 1.97. The molecule has 0 aliphatic heterocycles. The highest BCUT2D eigenvalue weighted by molar-refractivity contribution is 5.91. The van der Waals surface area contributed by atoms with Crippen LogP contribution >= 0.6 is 0 Å². The molecule has 0 aromatic rings. The summed E-state index contributed by atoms with van der Waals surface area (Å²) in [6, 6.07) is -0.789. The summed E-state index contributed by atoms with van der Waals surface area (Å²) in [6.07, 6.45) is -0.145. The summed E-state index contributed by atoms with van der Waals surface area (Å²) in [5.74, 6) is -1.34. The van der Waals surface area contributed by atoms with Gasteiger partial charge in [-0.3, -0.25) is 14.4 Å². The molecule has 0 heterocycles. The van der Waals surface area contributed by atoms with Crippen LogP contribution in [0.1, 0.15) is 27.2 Å². The molecular formula is C9H16N2O3. The molecule has 0 spiro atoms. The summed E-state index contributed by atoms with van der Waals surface area (Å²) in [5.41, 5.74) is 4.94. The third-order valence-electron chi connectivity index (χ3n) is 1.74. The molecule has 5 nitrogen and oxygen atoms in total. The first-order chi connectivity index (χ1) is 6.34. The fourth-order valence-corrected chi connectivity index (χ4v) is 0.836. The quantitative estimate of drug-likeness (QED) is 0.632. The zero-order valence-corrected chi connectivity index (χ0v) is 8.66. The number of nitrogens with two attached hydrogens (primary N) is 1. The molecule has 5 heteroatoms. The van der Waals surface area contributed by atoms with Crippen molar-refractivity contribution in [2.24, 2.45) is 11.7 Å². The van der Waals surface area contributed by atoms with E-state index in [1.165, 1.54) is 6.92 Å². The molecule has 80 valence electrons. The van der Waals surface area contributed by atoms with E-state index in [0.29, 0.717) is 0 Å². The average molecular weight is 200 g/mol. The monoisotopic (exact) mass is 200 g/mol. The van der Waals surface area contributed by atoms with E-state index < -0.39 is 11.9 Å². The summed E-state index contributed by atoms with van der Waals surface area (Å²) in [5, 5.41) is 2.46. The van der Waals surface area contributed by atoms with Gasteiger partial charge in [-0.2, -0.15) is 0 Å². The number of hydrogen-bond donors (Lipinski definition) is 2. The lowest BCUT2D eigenvalue weighted by atomic mass is 10.1. The standard InChI is InChI=1S/C9H16N2O3/c1-5(2)9(14)11-7(6(3)12)4-8(10)13/h5,7H,4H2,1-3H3,(H2,10,13)(H,11,14). The minimum absolute atomic E-state index is 0.145. The van der Waals surface area contributed by atoms with E-state index in [9.17, 15) is 14.4 Å². The maximum atomic E-state index is 11.2. The predicted octanol–water partition coefficient (Wildman–Crippen LogP) is -0.408. The van der Waals surface area contributed by atoms with Crippen LogP contribution in [0.5, 0.6) is 0 Å². The molecule has 3 N–H and O–H groups in total. The molecule has 0 saturated carbocycles. The Kier molecular flexibility index (Phi) is 4.83. The first-order valence-electron chi connectivity index (χ1n) is 4.43. The van der Waals surface area contributed by atoms with Gasteiger partial charge in [-0.15, -0.1) is 0 Å². The molecule has 0 bridgehead atoms. The van der Waals surface area contributed by atoms with Crippen molar-refractivity contribution in [3.8, 4) is 0 Å². The highest BCUT2D eigenvalue weighted by Gasteiger charge is 2.20. The maximum Gasteiger partial charge on any atom is 0.223 e. The molecular weight excluding hydrogens is 184 g/mol. The smallest absolute Gasteiger partial charge is 0.223 e. The van der Waals surface area contributed by atoms with Crippen LogP contribution in [0.2, 0.25) is 0 Å². The van der Waals surface area contributed by atoms with Crippen molar-refractivity contribution >= 4 is 17.6 Å². The van der Waals surface area contributed by atoms with E-state index >= 15 is 0 Å². The summed E-state index contributed by atoms with van der Waals surface area (Å²) >= 11 is 0. The Morgan fingerprint density at radius 2 is 1.79 bits per heavy atom. The number of amides is 2. The molecule has 1 unspecified atom stereocenters. The number of nitrogens with one attached hydrogen (secondary N) is 1. The van der Waals surface area contributed by atoms with Crippen LogP contribution < -0.4 is 11.1 Å². The van der Waals surface area contributed by atoms with Crippen LogP contribution in [0.15, 0.2) is 0 Å². The average Bonchev–Trinajstić information content (AvgIpc) is 2.01. The van der Waals surface area contributed by atoms with Gasteiger partial charge in [-0.1, -0.05) is 13.8 Å². The van der Waals surface area contributed by atoms with Crippen molar-refractivity contribution in [2.75, 3.05) is 0 Å². The summed E-state index contributed by atoms with van der Waals surface area (Å²) < 4.78 is 0. The van der Waals surface area contributed by atoms with E-state index in [4.69, 9.17) is 5.73 Å². The van der Waals surface area contributed by atoms with Crippen LogP contribution in [-0.2, 0) is 14.4 Å². The van der Waals surface area contributed by atoms with Crippen LogP contribution in [0.3, 0.4) is 0 Å². The van der Waals surface area contributed by atoms with Gasteiger partial charge < -0.3 is 11.1 Å². The molecule has 0 aliphatic rings. The van der Waals surface area contributed by atoms with Crippen LogP contribution in [-0.4, -0.2) is 23.6 Å². The van der Waals surface area contributed by atoms with Crippen molar-refractivity contribution in [3.63, 3.8) is 0 Å². The Labute approximate surface area is 83.0 Å². The second kappa shape index (κ2) is 5.36. The number of hydrogen-bond acceptors (Lipinski definition) is 3. The predicted molar refractivity (Wildman–Crippen MR) is 51.3 cm³/mol. The van der Waals surface area contributed by atoms with Gasteiger partial charge in [0.2, 0.25) is 11.8 Å². The van der Waals surface area contributed by atoms with Crippen LogP contribution in [0, 0.1) is 5.92 Å². The van der Waals surface area contributed by atoms with Gasteiger partial charge in [0, 0.05) is 5.92 Å². The molecule has 2 amide bonds. The molecule has 14 heavy (non-hydrogen) atoms. The third-order valence-corrected chi connectivity index (χ3v) is 1.74. The first-order valence-corrected chi connectivity index (χ1v) is 4.43. The van der Waals surface area contributed by atoms with Gasteiger partial charge in [-0.05, 0) is 6.92 Å². The van der Waals surface area contributed by atoms with Crippen molar-refractivity contribution in [1.82, 2.24) is 5.32 Å². The van der Waals surface area contributed by atoms with Gasteiger partial charge in [0.25, 0.3) is 0 Å². The topological polar surface area (TPSA) is 89.3 Å². The largest absolute Gasteiger partial charge is 0.370 e. The van der Waals surface area contributed by atoms with Crippen LogP contribution in [0.25, 0.3) is 0 Å². The fourth-order valence-electron chi connectivity index (χ4n) is 0.836. The SMILES string of the molecule is CC(=O)C(CC(N)=O)NC(=O)C(C)C. The zero-order valence-electron chi connectivity index (χ0n) is 8.66. The van der Waals surface area contributed by atoms with E-state index in [2.05, 4.69) is 5.32 Å². The minimum atomic E-state index is -0.789. The maximum absolute atomic E-state index is 11.2. The Balaban J connectivity index is 4.31. The fraction of sp³-hybridized carbons (Fsp3) is 0.667. The summed E-state index contributed by atoms with van der Waals surface area (Å²) in [7, 11) is 0. The summed E-state index contributed by atoms with van der Waals surface area (Å²) in [6.45, 7) is 4.72. The number of rotatable bonds is 5. The van der Waals surface area contributed by atoms with Crippen molar-refractivity contribution < 1.29 is 14.4 Å². The third kappa shape index (κ3) is 4.59. The molecule has 0 saturated heterocycles. The molecule has 0 aromatic carbocycles. The van der Waals surface area contributed by atoms with Gasteiger partial charge in [0.1, 0.15) is 0 Å². The van der Waals surface area contributed by atoms with Crippen molar-refractivity contribution in [2.45, 2.75) is 33.2 Å². The number of carbonyl (C=O) groups excluding carboxylic acids is 3. The van der Waals surface area contributed by atoms with E-state index in [-0.39, 0.29) is 24.0 Å². The molecule has 0 aliphatic carbocycles.